The number of hydrogen-bond donors (Lipinski definition) is 4. The number of aliphatic hydroxyl groups excluding tert-OH is 1. The first kappa shape index (κ1) is 27.9. The Morgan fingerprint density at radius 3 is 2.70 bits per heavy atom. The van der Waals surface area contributed by atoms with E-state index in [9.17, 15) is 14.7 Å². The first-order chi connectivity index (χ1) is 17.7. The molecule has 2 aromatic heterocycles. The maximum absolute atomic E-state index is 13.1. The molecular formula is C26H32ClN5O5. The summed E-state index contributed by atoms with van der Waals surface area (Å²) in [5.74, 6) is -0.0198. The van der Waals surface area contributed by atoms with Crippen LogP contribution in [0.2, 0.25) is 5.02 Å². The molecule has 1 amide bonds. The number of carbonyl (C=O) groups excluding carboxylic acids is 2. The second-order valence-corrected chi connectivity index (χ2v) is 9.20. The molecule has 10 nitrogen and oxygen atoms in total. The lowest BCUT2D eigenvalue weighted by Crippen LogP contribution is -2.32. The number of carbonyl (C=O) groups is 2. The molecule has 0 aliphatic carbocycles. The van der Waals surface area contributed by atoms with Gasteiger partial charge in [0.15, 0.2) is 0 Å². The third-order valence-electron chi connectivity index (χ3n) is 5.48. The summed E-state index contributed by atoms with van der Waals surface area (Å²) in [4.78, 5) is 36.9. The standard InChI is InChI=1S/C26H32ClN5O5/c1-5-20(13-33)30-25-29-11-16(4)23(32-25)18-10-21(28-12-18)24(34)31-22(14-36-26(35)37-15(2)3)17-7-6-8-19(27)9-17/h6-12,15,20,22,28,33H,5,13-14H2,1-4H3,(H,31,34)(H,29,30,32)/t20-,22+/m0/s1. The van der Waals surface area contributed by atoms with Crippen LogP contribution in [0.15, 0.2) is 42.7 Å². The van der Waals surface area contributed by atoms with E-state index in [1.54, 1.807) is 56.6 Å². The number of halogens is 1. The van der Waals surface area contributed by atoms with Gasteiger partial charge in [-0.25, -0.2) is 14.8 Å². The van der Waals surface area contributed by atoms with Crippen LogP contribution in [0.25, 0.3) is 11.3 Å². The average Bonchev–Trinajstić information content (AvgIpc) is 3.35. The highest BCUT2D eigenvalue weighted by atomic mass is 35.5. The minimum absolute atomic E-state index is 0.0375. The Kier molecular flexibility index (Phi) is 9.87. The normalized spacial score (nSPS) is 12.6. The van der Waals surface area contributed by atoms with Crippen LogP contribution in [0.1, 0.15) is 54.8 Å². The first-order valence-electron chi connectivity index (χ1n) is 12.0. The van der Waals surface area contributed by atoms with Crippen molar-refractivity contribution in [1.82, 2.24) is 20.3 Å². The molecule has 2 heterocycles. The summed E-state index contributed by atoms with van der Waals surface area (Å²) in [7, 11) is 0. The van der Waals surface area contributed by atoms with Crippen LogP contribution in [-0.4, -0.2) is 57.5 Å². The van der Waals surface area contributed by atoms with Crippen LogP contribution in [0.5, 0.6) is 0 Å². The van der Waals surface area contributed by atoms with Gasteiger partial charge >= 0.3 is 6.16 Å². The highest BCUT2D eigenvalue weighted by Crippen LogP contribution is 2.24. The predicted molar refractivity (Wildman–Crippen MR) is 141 cm³/mol. The molecule has 0 unspecified atom stereocenters. The average molecular weight is 530 g/mol. The molecule has 0 saturated carbocycles. The van der Waals surface area contributed by atoms with Crippen molar-refractivity contribution in [3.05, 3.63) is 64.6 Å². The molecule has 4 N–H and O–H groups in total. The lowest BCUT2D eigenvalue weighted by atomic mass is 10.1. The lowest BCUT2D eigenvalue weighted by molar-refractivity contribution is 0.0284. The largest absolute Gasteiger partial charge is 0.508 e. The predicted octanol–water partition coefficient (Wildman–Crippen LogP) is 4.65. The van der Waals surface area contributed by atoms with Crippen LogP contribution in [0.4, 0.5) is 10.7 Å². The molecule has 0 fully saturated rings. The highest BCUT2D eigenvalue weighted by molar-refractivity contribution is 6.30. The van der Waals surface area contributed by atoms with Crippen LogP contribution in [0.3, 0.4) is 0 Å². The van der Waals surface area contributed by atoms with Gasteiger partial charge in [0.2, 0.25) is 5.95 Å². The number of nitrogens with zero attached hydrogens (tertiary/aromatic N) is 2. The van der Waals surface area contributed by atoms with Gasteiger partial charge in [0.25, 0.3) is 5.91 Å². The Bertz CT molecular complexity index is 1210. The molecule has 37 heavy (non-hydrogen) atoms. The van der Waals surface area contributed by atoms with Gasteiger partial charge in [-0.3, -0.25) is 4.79 Å². The van der Waals surface area contributed by atoms with Crippen LogP contribution in [0, 0.1) is 6.92 Å². The monoisotopic (exact) mass is 529 g/mol. The quantitative estimate of drug-likeness (QED) is 0.263. The summed E-state index contributed by atoms with van der Waals surface area (Å²) >= 11 is 6.14. The summed E-state index contributed by atoms with van der Waals surface area (Å²) in [5, 5.41) is 15.9. The highest BCUT2D eigenvalue weighted by Gasteiger charge is 2.21. The van der Waals surface area contributed by atoms with Crippen molar-refractivity contribution in [2.45, 2.75) is 52.3 Å². The number of aromatic amines is 1. The van der Waals surface area contributed by atoms with Gasteiger partial charge in [0, 0.05) is 23.0 Å². The molecule has 1 aromatic carbocycles. The fourth-order valence-corrected chi connectivity index (χ4v) is 3.68. The molecule has 0 bridgehead atoms. The van der Waals surface area contributed by atoms with E-state index < -0.39 is 18.1 Å². The molecule has 0 aliphatic rings. The molecular weight excluding hydrogens is 498 g/mol. The fourth-order valence-electron chi connectivity index (χ4n) is 3.48. The van der Waals surface area contributed by atoms with Crippen molar-refractivity contribution in [1.29, 1.82) is 0 Å². The maximum atomic E-state index is 13.1. The molecule has 3 rings (SSSR count). The number of benzene rings is 1. The van der Waals surface area contributed by atoms with Gasteiger partial charge in [-0.1, -0.05) is 30.7 Å². The Labute approximate surface area is 220 Å². The number of anilines is 1. The van der Waals surface area contributed by atoms with Crippen LogP contribution >= 0.6 is 11.6 Å². The fraction of sp³-hybridized carbons (Fsp3) is 0.385. The third kappa shape index (κ3) is 7.93. The number of hydrogen-bond acceptors (Lipinski definition) is 8. The zero-order valence-corrected chi connectivity index (χ0v) is 22.0. The summed E-state index contributed by atoms with van der Waals surface area (Å²) in [6.07, 6.45) is 2.92. The minimum atomic E-state index is -0.825. The molecule has 3 aromatic rings. The van der Waals surface area contributed by atoms with Gasteiger partial charge < -0.3 is 30.2 Å². The van der Waals surface area contributed by atoms with E-state index in [1.165, 1.54) is 0 Å². The summed E-state index contributed by atoms with van der Waals surface area (Å²) in [6, 6.07) is 7.79. The number of amides is 1. The molecule has 11 heteroatoms. The van der Waals surface area contributed by atoms with Crippen molar-refractivity contribution >= 4 is 29.6 Å². The topological polar surface area (TPSA) is 138 Å². The van der Waals surface area contributed by atoms with Gasteiger partial charge in [-0.05, 0) is 56.5 Å². The van der Waals surface area contributed by atoms with Crippen LogP contribution < -0.4 is 10.6 Å². The lowest BCUT2D eigenvalue weighted by Gasteiger charge is -2.19. The Morgan fingerprint density at radius 1 is 1.24 bits per heavy atom. The maximum Gasteiger partial charge on any atom is 0.508 e. The third-order valence-corrected chi connectivity index (χ3v) is 5.71. The Balaban J connectivity index is 1.78. The summed E-state index contributed by atoms with van der Waals surface area (Å²) in [5.41, 5.74) is 3.12. The van der Waals surface area contributed by atoms with Crippen molar-refractivity contribution in [2.75, 3.05) is 18.5 Å². The Hall–Kier alpha value is -3.63. The number of aryl methyl sites for hydroxylation is 1. The number of aliphatic hydroxyl groups is 1. The molecule has 0 saturated heterocycles. The minimum Gasteiger partial charge on any atom is -0.432 e. The molecule has 0 radical (unpaired) electrons. The van der Waals surface area contributed by atoms with Gasteiger partial charge in [-0.15, -0.1) is 0 Å². The second-order valence-electron chi connectivity index (χ2n) is 8.77. The van der Waals surface area contributed by atoms with Crippen molar-refractivity contribution in [3.8, 4) is 11.3 Å². The zero-order valence-electron chi connectivity index (χ0n) is 21.2. The molecule has 2 atom stereocenters. The number of rotatable bonds is 11. The van der Waals surface area contributed by atoms with Crippen molar-refractivity contribution < 1.29 is 24.2 Å². The van der Waals surface area contributed by atoms with E-state index in [1.807, 2.05) is 13.8 Å². The number of aromatic nitrogens is 3. The SMILES string of the molecule is CC[C@@H](CO)Nc1ncc(C)c(-c2c[nH]c(C(=O)N[C@H](COC(=O)OC(C)C)c3cccc(Cl)c3)c2)n1. The van der Waals surface area contributed by atoms with Crippen molar-refractivity contribution in [2.24, 2.45) is 0 Å². The van der Waals surface area contributed by atoms with Crippen LogP contribution in [-0.2, 0) is 9.47 Å². The van der Waals surface area contributed by atoms with Gasteiger partial charge in [0.1, 0.15) is 12.3 Å². The Morgan fingerprint density at radius 2 is 2.03 bits per heavy atom. The number of nitrogens with one attached hydrogen (secondary N) is 3. The van der Waals surface area contributed by atoms with E-state index in [0.717, 1.165) is 5.56 Å². The molecule has 198 valence electrons. The van der Waals surface area contributed by atoms with E-state index >= 15 is 0 Å². The first-order valence-corrected chi connectivity index (χ1v) is 12.4. The van der Waals surface area contributed by atoms with E-state index in [4.69, 9.17) is 21.1 Å². The smallest absolute Gasteiger partial charge is 0.432 e. The van der Waals surface area contributed by atoms with E-state index in [2.05, 4.69) is 25.6 Å². The summed E-state index contributed by atoms with van der Waals surface area (Å²) < 4.78 is 10.3. The second kappa shape index (κ2) is 13.1. The molecule has 0 spiro atoms. The molecule has 0 aliphatic heterocycles. The van der Waals surface area contributed by atoms with Crippen molar-refractivity contribution in [3.63, 3.8) is 0 Å². The summed E-state index contributed by atoms with van der Waals surface area (Å²) in [6.45, 7) is 7.08. The van der Waals surface area contributed by atoms with E-state index in [0.29, 0.717) is 39.9 Å². The number of H-pyrrole nitrogens is 1. The van der Waals surface area contributed by atoms with Gasteiger partial charge in [0.05, 0.1) is 30.5 Å². The zero-order chi connectivity index (χ0) is 26.9. The van der Waals surface area contributed by atoms with Gasteiger partial charge in [-0.2, -0.15) is 0 Å². The number of ether oxygens (including phenoxy) is 2. The van der Waals surface area contributed by atoms with E-state index in [-0.39, 0.29) is 25.4 Å².